The monoisotopic (exact) mass is 404 g/mol. The van der Waals surface area contributed by atoms with E-state index < -0.39 is 6.04 Å². The molecular weight excluding hydrogens is 380 g/mol. The molecule has 130 valence electrons. The van der Waals surface area contributed by atoms with Gasteiger partial charge in [-0.3, -0.25) is 4.79 Å². The number of carbonyl (C=O) groups excluding carboxylic acids is 1. The van der Waals surface area contributed by atoms with Gasteiger partial charge in [0.15, 0.2) is 0 Å². The molecule has 1 fully saturated rings. The quantitative estimate of drug-likeness (QED) is 0.764. The molecule has 1 unspecified atom stereocenters. The van der Waals surface area contributed by atoms with E-state index in [0.717, 1.165) is 36.6 Å². The lowest BCUT2D eigenvalue weighted by Crippen LogP contribution is -2.56. The summed E-state index contributed by atoms with van der Waals surface area (Å²) >= 11 is 3.46. The third-order valence-electron chi connectivity index (χ3n) is 4.34. The molecule has 0 radical (unpaired) electrons. The van der Waals surface area contributed by atoms with Gasteiger partial charge in [0.2, 0.25) is 5.91 Å². The van der Waals surface area contributed by atoms with E-state index in [1.165, 1.54) is 12.0 Å². The summed E-state index contributed by atoms with van der Waals surface area (Å²) in [7, 11) is 1.56. The standard InChI is InChI=1S/C17H25BrN2O2.ClH/c1-22-12-15(19)16(21)20-17(9-3-2-4-10-17)11-13-5-7-14(18)8-6-13;/h5-8,15H,2-4,9-12,19H2,1H3,(H,20,21);1H. The lowest BCUT2D eigenvalue weighted by atomic mass is 9.77. The highest BCUT2D eigenvalue weighted by atomic mass is 79.9. The summed E-state index contributed by atoms with van der Waals surface area (Å²) in [4.78, 5) is 12.3. The molecule has 4 nitrogen and oxygen atoms in total. The maximum absolute atomic E-state index is 12.3. The number of methoxy groups -OCH3 is 1. The Morgan fingerprint density at radius 2 is 1.91 bits per heavy atom. The Bertz CT molecular complexity index is 490. The third kappa shape index (κ3) is 6.07. The summed E-state index contributed by atoms with van der Waals surface area (Å²) in [5.41, 5.74) is 6.94. The Morgan fingerprint density at radius 1 is 1.30 bits per heavy atom. The number of nitrogens with two attached hydrogens (primary N) is 1. The predicted molar refractivity (Wildman–Crippen MR) is 98.9 cm³/mol. The molecule has 0 saturated heterocycles. The number of carbonyl (C=O) groups is 1. The van der Waals surface area contributed by atoms with Crippen LogP contribution in [-0.2, 0) is 16.0 Å². The van der Waals surface area contributed by atoms with Gasteiger partial charge in [-0.05, 0) is 37.0 Å². The minimum absolute atomic E-state index is 0. The van der Waals surface area contributed by atoms with Crippen molar-refractivity contribution in [2.45, 2.75) is 50.1 Å². The number of hydrogen-bond donors (Lipinski definition) is 2. The van der Waals surface area contributed by atoms with E-state index in [0.29, 0.717) is 0 Å². The van der Waals surface area contributed by atoms with Crippen LogP contribution in [0.3, 0.4) is 0 Å². The number of benzene rings is 1. The SMILES string of the molecule is COCC(N)C(=O)NC1(Cc2ccc(Br)cc2)CCCCC1.Cl. The summed E-state index contributed by atoms with van der Waals surface area (Å²) < 4.78 is 6.06. The van der Waals surface area contributed by atoms with E-state index in [1.54, 1.807) is 7.11 Å². The molecule has 1 aromatic carbocycles. The van der Waals surface area contributed by atoms with E-state index in [-0.39, 0.29) is 30.5 Å². The van der Waals surface area contributed by atoms with E-state index in [1.807, 2.05) is 12.1 Å². The molecule has 0 aromatic heterocycles. The number of rotatable bonds is 6. The molecule has 1 amide bonds. The van der Waals surface area contributed by atoms with Crippen LogP contribution in [0.1, 0.15) is 37.7 Å². The van der Waals surface area contributed by atoms with E-state index >= 15 is 0 Å². The van der Waals surface area contributed by atoms with Crippen molar-refractivity contribution in [3.05, 3.63) is 34.3 Å². The fourth-order valence-corrected chi connectivity index (χ4v) is 3.44. The summed E-state index contributed by atoms with van der Waals surface area (Å²) in [5.74, 6) is -0.110. The van der Waals surface area contributed by atoms with Crippen LogP contribution in [0.5, 0.6) is 0 Å². The Labute approximate surface area is 153 Å². The van der Waals surface area contributed by atoms with Crippen LogP contribution in [0.25, 0.3) is 0 Å². The first-order valence-electron chi connectivity index (χ1n) is 7.86. The summed E-state index contributed by atoms with van der Waals surface area (Å²) in [6, 6.07) is 7.71. The number of hydrogen-bond acceptors (Lipinski definition) is 3. The van der Waals surface area contributed by atoms with Crippen molar-refractivity contribution < 1.29 is 9.53 Å². The number of ether oxygens (including phenoxy) is 1. The molecule has 2 rings (SSSR count). The van der Waals surface area contributed by atoms with Gasteiger partial charge in [-0.15, -0.1) is 12.4 Å². The van der Waals surface area contributed by atoms with Crippen molar-refractivity contribution in [2.24, 2.45) is 5.73 Å². The topological polar surface area (TPSA) is 64.3 Å². The molecule has 0 heterocycles. The molecule has 1 aliphatic rings. The predicted octanol–water partition coefficient (Wildman–Crippen LogP) is 3.21. The molecule has 23 heavy (non-hydrogen) atoms. The van der Waals surface area contributed by atoms with Gasteiger partial charge in [-0.2, -0.15) is 0 Å². The van der Waals surface area contributed by atoms with Crippen LogP contribution < -0.4 is 11.1 Å². The van der Waals surface area contributed by atoms with Crippen LogP contribution in [0.4, 0.5) is 0 Å². The van der Waals surface area contributed by atoms with Crippen molar-refractivity contribution in [1.29, 1.82) is 0 Å². The number of nitrogens with one attached hydrogen (secondary N) is 1. The van der Waals surface area contributed by atoms with Gasteiger partial charge < -0.3 is 15.8 Å². The van der Waals surface area contributed by atoms with Crippen LogP contribution in [0.15, 0.2) is 28.7 Å². The molecule has 0 bridgehead atoms. The fourth-order valence-electron chi connectivity index (χ4n) is 3.18. The summed E-state index contributed by atoms with van der Waals surface area (Å²) in [6.45, 7) is 0.250. The fraction of sp³-hybridized carbons (Fsp3) is 0.588. The largest absolute Gasteiger partial charge is 0.383 e. The first kappa shape index (κ1) is 20.4. The first-order valence-corrected chi connectivity index (χ1v) is 8.65. The normalized spacial score (nSPS) is 17.9. The molecule has 3 N–H and O–H groups in total. The molecule has 1 atom stereocenters. The Kier molecular flexibility index (Phi) is 8.54. The lowest BCUT2D eigenvalue weighted by molar-refractivity contribution is -0.125. The van der Waals surface area contributed by atoms with E-state index in [4.69, 9.17) is 10.5 Å². The summed E-state index contributed by atoms with van der Waals surface area (Å²) in [5, 5.41) is 3.22. The Balaban J connectivity index is 0.00000264. The molecular formula is C17H26BrClN2O2. The van der Waals surface area contributed by atoms with Crippen LogP contribution in [0, 0.1) is 0 Å². The molecule has 1 aliphatic carbocycles. The van der Waals surface area contributed by atoms with Crippen LogP contribution in [0.2, 0.25) is 0 Å². The highest BCUT2D eigenvalue weighted by Gasteiger charge is 2.34. The second-order valence-corrected chi connectivity index (χ2v) is 7.11. The smallest absolute Gasteiger partial charge is 0.239 e. The van der Waals surface area contributed by atoms with Gasteiger partial charge >= 0.3 is 0 Å². The second kappa shape index (κ2) is 9.62. The van der Waals surface area contributed by atoms with Crippen molar-refractivity contribution in [3.63, 3.8) is 0 Å². The van der Waals surface area contributed by atoms with Crippen molar-refractivity contribution in [3.8, 4) is 0 Å². The molecule has 1 saturated carbocycles. The number of amides is 1. The van der Waals surface area contributed by atoms with Gasteiger partial charge in [0.1, 0.15) is 6.04 Å². The van der Waals surface area contributed by atoms with Gasteiger partial charge in [-0.1, -0.05) is 47.3 Å². The highest BCUT2D eigenvalue weighted by molar-refractivity contribution is 9.10. The summed E-state index contributed by atoms with van der Waals surface area (Å²) in [6.07, 6.45) is 6.41. The maximum Gasteiger partial charge on any atom is 0.239 e. The van der Waals surface area contributed by atoms with Gasteiger partial charge in [0.05, 0.1) is 6.61 Å². The average molecular weight is 406 g/mol. The van der Waals surface area contributed by atoms with Gasteiger partial charge in [0.25, 0.3) is 0 Å². The molecule has 6 heteroatoms. The van der Waals surface area contributed by atoms with Crippen LogP contribution >= 0.6 is 28.3 Å². The first-order chi connectivity index (χ1) is 10.5. The minimum atomic E-state index is -0.603. The van der Waals surface area contributed by atoms with Gasteiger partial charge in [-0.25, -0.2) is 0 Å². The highest BCUT2D eigenvalue weighted by Crippen LogP contribution is 2.31. The number of halogens is 2. The lowest BCUT2D eigenvalue weighted by Gasteiger charge is -2.39. The van der Waals surface area contributed by atoms with Crippen LogP contribution in [-0.4, -0.2) is 31.2 Å². The molecule has 0 spiro atoms. The minimum Gasteiger partial charge on any atom is -0.383 e. The second-order valence-electron chi connectivity index (χ2n) is 6.20. The zero-order valence-electron chi connectivity index (χ0n) is 13.5. The molecule has 0 aliphatic heterocycles. The third-order valence-corrected chi connectivity index (χ3v) is 4.87. The van der Waals surface area contributed by atoms with E-state index in [2.05, 4.69) is 33.4 Å². The average Bonchev–Trinajstić information content (AvgIpc) is 2.50. The van der Waals surface area contributed by atoms with Crippen molar-refractivity contribution >= 4 is 34.2 Å². The maximum atomic E-state index is 12.3. The van der Waals surface area contributed by atoms with Crippen molar-refractivity contribution in [1.82, 2.24) is 5.32 Å². The van der Waals surface area contributed by atoms with Crippen molar-refractivity contribution in [2.75, 3.05) is 13.7 Å². The van der Waals surface area contributed by atoms with E-state index in [9.17, 15) is 4.79 Å². The van der Waals surface area contributed by atoms with Gasteiger partial charge in [0, 0.05) is 17.1 Å². The Hall–Kier alpha value is -0.620. The Morgan fingerprint density at radius 3 is 2.48 bits per heavy atom. The zero-order chi connectivity index (χ0) is 16.0. The molecule has 1 aromatic rings. The zero-order valence-corrected chi connectivity index (χ0v) is 15.9.